The molecule has 1 heterocycles. The summed E-state index contributed by atoms with van der Waals surface area (Å²) in [7, 11) is 1.84. The average Bonchev–Trinajstić information content (AvgIpc) is 2.54. The van der Waals surface area contributed by atoms with E-state index >= 15 is 0 Å². The Kier molecular flexibility index (Phi) is 2.89. The first-order valence-corrected chi connectivity index (χ1v) is 5.94. The number of nitrogens with zero attached hydrogens (tertiary/aromatic N) is 2. The summed E-state index contributed by atoms with van der Waals surface area (Å²) in [5.41, 5.74) is 2.64. The van der Waals surface area contributed by atoms with E-state index in [1.165, 1.54) is 0 Å². The van der Waals surface area contributed by atoms with Crippen LogP contribution in [0.3, 0.4) is 0 Å². The second-order valence-electron chi connectivity index (χ2n) is 5.58. The highest BCUT2D eigenvalue weighted by molar-refractivity contribution is 5.82. The van der Waals surface area contributed by atoms with Crippen molar-refractivity contribution in [3.05, 3.63) is 29.4 Å². The lowest BCUT2D eigenvalue weighted by Gasteiger charge is -2.10. The molecule has 0 bridgehead atoms. The standard InChI is InChI=1S/C14H18N2O2/c1-9-6-7-10-11(8-9)18-13(16(10)5)15-12(17)14(2,3)4/h6-8H,1-5H3. The molecule has 0 N–H and O–H groups in total. The van der Waals surface area contributed by atoms with E-state index in [1.807, 2.05) is 52.9 Å². The van der Waals surface area contributed by atoms with Crippen molar-refractivity contribution >= 4 is 17.0 Å². The fourth-order valence-corrected chi connectivity index (χ4v) is 1.60. The summed E-state index contributed by atoms with van der Waals surface area (Å²) in [5.74, 6) is -0.186. The van der Waals surface area contributed by atoms with E-state index in [1.54, 1.807) is 4.57 Å². The molecule has 0 aliphatic heterocycles. The SMILES string of the molecule is Cc1ccc2c(c1)oc(=NC(=O)C(C)(C)C)n2C. The number of hydrogen-bond acceptors (Lipinski definition) is 2. The van der Waals surface area contributed by atoms with Crippen LogP contribution in [0.5, 0.6) is 0 Å². The number of aromatic nitrogens is 1. The minimum absolute atomic E-state index is 0.186. The molecule has 0 unspecified atom stereocenters. The Bertz CT molecular complexity index is 669. The molecule has 2 rings (SSSR count). The molecule has 0 atom stereocenters. The Morgan fingerprint density at radius 1 is 1.33 bits per heavy atom. The highest BCUT2D eigenvalue weighted by Gasteiger charge is 2.21. The predicted molar refractivity (Wildman–Crippen MR) is 69.9 cm³/mol. The molecule has 96 valence electrons. The van der Waals surface area contributed by atoms with Crippen LogP contribution in [0.1, 0.15) is 26.3 Å². The maximum atomic E-state index is 11.9. The van der Waals surface area contributed by atoms with Gasteiger partial charge in [0.15, 0.2) is 5.58 Å². The Morgan fingerprint density at radius 2 is 2.00 bits per heavy atom. The fourth-order valence-electron chi connectivity index (χ4n) is 1.60. The Morgan fingerprint density at radius 3 is 2.61 bits per heavy atom. The Hall–Kier alpha value is -1.84. The monoisotopic (exact) mass is 246 g/mol. The van der Waals surface area contributed by atoms with E-state index in [0.717, 1.165) is 16.7 Å². The van der Waals surface area contributed by atoms with Crippen LogP contribution in [0.15, 0.2) is 27.6 Å². The second-order valence-corrected chi connectivity index (χ2v) is 5.58. The van der Waals surface area contributed by atoms with Gasteiger partial charge in [-0.3, -0.25) is 9.36 Å². The van der Waals surface area contributed by atoms with Crippen LogP contribution in [-0.2, 0) is 11.8 Å². The summed E-state index contributed by atoms with van der Waals surface area (Å²) in [6.07, 6.45) is 0. The molecular formula is C14H18N2O2. The van der Waals surface area contributed by atoms with Crippen molar-refractivity contribution in [1.82, 2.24) is 4.57 Å². The lowest BCUT2D eigenvalue weighted by molar-refractivity contribution is -0.125. The third-order valence-electron chi connectivity index (χ3n) is 2.80. The van der Waals surface area contributed by atoms with Crippen LogP contribution < -0.4 is 5.68 Å². The summed E-state index contributed by atoms with van der Waals surface area (Å²) < 4.78 is 7.41. The lowest BCUT2D eigenvalue weighted by Crippen LogP contribution is -2.23. The molecule has 1 aromatic heterocycles. The number of fused-ring (bicyclic) bond motifs is 1. The minimum Gasteiger partial charge on any atom is -0.423 e. The fraction of sp³-hybridized carbons (Fsp3) is 0.429. The molecule has 0 saturated carbocycles. The Balaban J connectivity index is 2.63. The molecule has 0 spiro atoms. The molecule has 0 aliphatic rings. The van der Waals surface area contributed by atoms with Crippen LogP contribution in [-0.4, -0.2) is 10.5 Å². The van der Waals surface area contributed by atoms with Crippen molar-refractivity contribution in [2.45, 2.75) is 27.7 Å². The Labute approximate surface area is 106 Å². The van der Waals surface area contributed by atoms with Crippen LogP contribution in [0.4, 0.5) is 0 Å². The molecule has 0 aliphatic carbocycles. The van der Waals surface area contributed by atoms with Gasteiger partial charge in [0.1, 0.15) is 0 Å². The first kappa shape index (κ1) is 12.6. The van der Waals surface area contributed by atoms with Crippen LogP contribution in [0.2, 0.25) is 0 Å². The smallest absolute Gasteiger partial charge is 0.305 e. The lowest BCUT2D eigenvalue weighted by atomic mass is 9.96. The van der Waals surface area contributed by atoms with Gasteiger partial charge in [-0.15, -0.1) is 0 Å². The largest absolute Gasteiger partial charge is 0.423 e. The highest BCUT2D eigenvalue weighted by Crippen LogP contribution is 2.16. The molecule has 4 heteroatoms. The quantitative estimate of drug-likeness (QED) is 0.717. The van der Waals surface area contributed by atoms with Gasteiger partial charge in [0.2, 0.25) is 0 Å². The third-order valence-corrected chi connectivity index (χ3v) is 2.80. The van der Waals surface area contributed by atoms with Crippen molar-refractivity contribution in [2.75, 3.05) is 0 Å². The van der Waals surface area contributed by atoms with Gasteiger partial charge in [-0.05, 0) is 24.6 Å². The summed E-state index contributed by atoms with van der Waals surface area (Å²) in [5, 5.41) is 0. The van der Waals surface area contributed by atoms with Crippen LogP contribution >= 0.6 is 0 Å². The van der Waals surface area contributed by atoms with Crippen molar-refractivity contribution in [3.8, 4) is 0 Å². The number of oxazole rings is 1. The summed E-state index contributed by atoms with van der Waals surface area (Å²) in [6.45, 7) is 7.52. The number of aryl methyl sites for hydroxylation is 2. The zero-order valence-corrected chi connectivity index (χ0v) is 11.4. The van der Waals surface area contributed by atoms with E-state index < -0.39 is 5.41 Å². The number of rotatable bonds is 0. The van der Waals surface area contributed by atoms with Gasteiger partial charge >= 0.3 is 5.68 Å². The minimum atomic E-state index is -0.498. The average molecular weight is 246 g/mol. The molecule has 18 heavy (non-hydrogen) atoms. The number of hydrogen-bond donors (Lipinski definition) is 0. The van der Waals surface area contributed by atoms with Crippen molar-refractivity contribution < 1.29 is 9.21 Å². The van der Waals surface area contributed by atoms with Crippen LogP contribution in [0.25, 0.3) is 11.1 Å². The van der Waals surface area contributed by atoms with E-state index in [9.17, 15) is 4.79 Å². The number of carbonyl (C=O) groups is 1. The van der Waals surface area contributed by atoms with Crippen molar-refractivity contribution in [3.63, 3.8) is 0 Å². The normalized spacial score (nSPS) is 13.3. The van der Waals surface area contributed by atoms with Gasteiger partial charge in [0.25, 0.3) is 5.91 Å². The highest BCUT2D eigenvalue weighted by atomic mass is 16.4. The zero-order chi connectivity index (χ0) is 13.5. The summed E-state index contributed by atoms with van der Waals surface area (Å²) in [6, 6.07) is 5.91. The van der Waals surface area contributed by atoms with Crippen molar-refractivity contribution in [1.29, 1.82) is 0 Å². The molecular weight excluding hydrogens is 228 g/mol. The van der Waals surface area contributed by atoms with Crippen molar-refractivity contribution in [2.24, 2.45) is 17.5 Å². The number of amides is 1. The molecule has 0 saturated heterocycles. The third kappa shape index (κ3) is 2.23. The maximum absolute atomic E-state index is 11.9. The molecule has 1 amide bonds. The van der Waals surface area contributed by atoms with Gasteiger partial charge in [0, 0.05) is 12.5 Å². The number of benzene rings is 1. The molecule has 0 fully saturated rings. The first-order valence-electron chi connectivity index (χ1n) is 5.94. The zero-order valence-electron chi connectivity index (χ0n) is 11.4. The van der Waals surface area contributed by atoms with Gasteiger partial charge in [-0.25, -0.2) is 0 Å². The summed E-state index contributed by atoms with van der Waals surface area (Å²) in [4.78, 5) is 15.9. The predicted octanol–water partition coefficient (Wildman–Crippen LogP) is 2.55. The number of carbonyl (C=O) groups excluding carboxylic acids is 1. The second kappa shape index (κ2) is 4.12. The van der Waals surface area contributed by atoms with Gasteiger partial charge < -0.3 is 4.42 Å². The molecule has 4 nitrogen and oxygen atoms in total. The summed E-state index contributed by atoms with van der Waals surface area (Å²) >= 11 is 0. The first-order chi connectivity index (χ1) is 8.29. The van der Waals surface area contributed by atoms with Gasteiger partial charge in [-0.2, -0.15) is 4.99 Å². The van der Waals surface area contributed by atoms with Crippen LogP contribution in [0, 0.1) is 12.3 Å². The maximum Gasteiger partial charge on any atom is 0.305 e. The molecule has 1 aromatic carbocycles. The topological polar surface area (TPSA) is 47.5 Å². The van der Waals surface area contributed by atoms with Gasteiger partial charge in [0.05, 0.1) is 5.52 Å². The van der Waals surface area contributed by atoms with E-state index in [2.05, 4.69) is 4.99 Å². The van der Waals surface area contributed by atoms with Gasteiger partial charge in [-0.1, -0.05) is 26.8 Å². The molecule has 0 radical (unpaired) electrons. The van der Waals surface area contributed by atoms with E-state index in [4.69, 9.17) is 4.42 Å². The molecule has 2 aromatic rings. The van der Waals surface area contributed by atoms with E-state index in [-0.39, 0.29) is 5.91 Å². The van der Waals surface area contributed by atoms with E-state index in [0.29, 0.717) is 5.68 Å².